The van der Waals surface area contributed by atoms with Gasteiger partial charge in [-0.2, -0.15) is 0 Å². The van der Waals surface area contributed by atoms with E-state index < -0.39 is 16.6 Å². The Morgan fingerprint density at radius 2 is 1.93 bits per heavy atom. The van der Waals surface area contributed by atoms with Crippen LogP contribution in [0.2, 0.25) is 0 Å². The maximum absolute atomic E-state index is 13.0. The number of nitrogens with zero attached hydrogens (tertiary/aromatic N) is 2. The van der Waals surface area contributed by atoms with E-state index in [4.69, 9.17) is 4.74 Å². The zero-order valence-corrected chi connectivity index (χ0v) is 16.2. The molecule has 1 N–H and O–H groups in total. The Kier molecular flexibility index (Phi) is 3.71. The summed E-state index contributed by atoms with van der Waals surface area (Å²) in [5.41, 5.74) is 2.42. The molecule has 1 saturated heterocycles. The lowest BCUT2D eigenvalue weighted by Crippen LogP contribution is -2.77. The summed E-state index contributed by atoms with van der Waals surface area (Å²) in [5, 5.41) is 12.6. The molecular weight excluding hydrogens is 370 g/mol. The van der Waals surface area contributed by atoms with Crippen molar-refractivity contribution < 1.29 is 14.5 Å². The number of benzene rings is 2. The fraction of sp³-hybridized carbons (Fsp3) is 0.318. The van der Waals surface area contributed by atoms with Gasteiger partial charge < -0.3 is 14.6 Å². The quantitative estimate of drug-likeness (QED) is 0.416. The molecule has 2 aliphatic heterocycles. The van der Waals surface area contributed by atoms with Crippen LogP contribution in [0.25, 0.3) is 10.9 Å². The normalized spacial score (nSPS) is 22.9. The lowest BCUT2D eigenvalue weighted by Gasteiger charge is -2.60. The third kappa shape index (κ3) is 2.21. The van der Waals surface area contributed by atoms with Gasteiger partial charge in [0, 0.05) is 23.5 Å². The van der Waals surface area contributed by atoms with Crippen molar-refractivity contribution in [2.45, 2.75) is 31.9 Å². The van der Waals surface area contributed by atoms with Crippen LogP contribution in [0.4, 0.5) is 5.69 Å². The van der Waals surface area contributed by atoms with Crippen molar-refractivity contribution in [3.63, 3.8) is 0 Å². The highest BCUT2D eigenvalue weighted by atomic mass is 16.6. The van der Waals surface area contributed by atoms with Crippen molar-refractivity contribution in [1.29, 1.82) is 0 Å². The summed E-state index contributed by atoms with van der Waals surface area (Å²) in [6, 6.07) is 14.3. The van der Waals surface area contributed by atoms with Crippen LogP contribution in [0.15, 0.2) is 48.5 Å². The first-order chi connectivity index (χ1) is 14.0. The molecule has 148 valence electrons. The minimum atomic E-state index is -0.810. The third-order valence-corrected chi connectivity index (χ3v) is 6.32. The largest absolute Gasteiger partial charge is 0.470 e. The molecule has 0 saturated carbocycles. The molecule has 3 heterocycles. The molecular formula is C22H21N3O4. The van der Waals surface area contributed by atoms with Gasteiger partial charge in [-0.25, -0.2) is 0 Å². The Balaban J connectivity index is 1.66. The van der Waals surface area contributed by atoms with Gasteiger partial charge in [-0.1, -0.05) is 44.2 Å². The Morgan fingerprint density at radius 3 is 2.69 bits per heavy atom. The van der Waals surface area contributed by atoms with Crippen LogP contribution >= 0.6 is 0 Å². The molecule has 2 atom stereocenters. The predicted molar refractivity (Wildman–Crippen MR) is 108 cm³/mol. The summed E-state index contributed by atoms with van der Waals surface area (Å²) in [4.78, 5) is 29.4. The molecule has 29 heavy (non-hydrogen) atoms. The molecule has 7 heteroatoms. The second kappa shape index (κ2) is 6.07. The lowest BCUT2D eigenvalue weighted by atomic mass is 9.66. The highest BCUT2D eigenvalue weighted by Gasteiger charge is 2.67. The van der Waals surface area contributed by atoms with Gasteiger partial charge in [0.2, 0.25) is 6.10 Å². The molecule has 5 rings (SSSR count). The summed E-state index contributed by atoms with van der Waals surface area (Å²) in [7, 11) is 0. The molecule has 2 aliphatic rings. The average molecular weight is 391 g/mol. The van der Waals surface area contributed by atoms with Gasteiger partial charge in [-0.05, 0) is 30.0 Å². The molecule has 0 spiro atoms. The number of nitro benzene ring substituents is 1. The molecule has 1 amide bonds. The number of aromatic amines is 1. The van der Waals surface area contributed by atoms with E-state index in [0.29, 0.717) is 6.54 Å². The SMILES string of the molecule is CC(C)[C@@]12c3[nH]c4ccccc4c3CCN1C(=O)[C@H]2Oc1ccccc1[N+](=O)[O-]. The van der Waals surface area contributed by atoms with Gasteiger partial charge in [0.25, 0.3) is 5.91 Å². The molecule has 0 unspecified atom stereocenters. The molecule has 2 aromatic carbocycles. The number of carbonyl (C=O) groups is 1. The number of H-pyrrole nitrogens is 1. The molecule has 7 nitrogen and oxygen atoms in total. The molecule has 0 aliphatic carbocycles. The van der Waals surface area contributed by atoms with Crippen LogP contribution < -0.4 is 4.74 Å². The second-order valence-corrected chi connectivity index (χ2v) is 7.97. The van der Waals surface area contributed by atoms with Crippen molar-refractivity contribution in [2.75, 3.05) is 6.54 Å². The monoisotopic (exact) mass is 391 g/mol. The van der Waals surface area contributed by atoms with Gasteiger partial charge >= 0.3 is 5.69 Å². The van der Waals surface area contributed by atoms with Crippen LogP contribution in [0.3, 0.4) is 0 Å². The third-order valence-electron chi connectivity index (χ3n) is 6.32. The first-order valence-electron chi connectivity index (χ1n) is 9.78. The minimum absolute atomic E-state index is 0.0556. The fourth-order valence-electron chi connectivity index (χ4n) is 5.05. The molecule has 3 aromatic rings. The average Bonchev–Trinajstić information content (AvgIpc) is 3.09. The number of rotatable bonds is 4. The number of hydrogen-bond donors (Lipinski definition) is 1. The van der Waals surface area contributed by atoms with Gasteiger partial charge in [-0.15, -0.1) is 0 Å². The van der Waals surface area contributed by atoms with Crippen LogP contribution in [0, 0.1) is 16.0 Å². The van der Waals surface area contributed by atoms with E-state index in [1.165, 1.54) is 11.6 Å². The highest BCUT2D eigenvalue weighted by molar-refractivity contribution is 5.94. The summed E-state index contributed by atoms with van der Waals surface area (Å²) >= 11 is 0. The number of carbonyl (C=O) groups excluding carboxylic acids is 1. The number of amides is 1. The van der Waals surface area contributed by atoms with Crippen molar-refractivity contribution in [1.82, 2.24) is 9.88 Å². The van der Waals surface area contributed by atoms with E-state index in [1.807, 2.05) is 23.1 Å². The van der Waals surface area contributed by atoms with E-state index in [2.05, 4.69) is 24.9 Å². The highest BCUT2D eigenvalue weighted by Crippen LogP contribution is 2.53. The van der Waals surface area contributed by atoms with Gasteiger partial charge in [-0.3, -0.25) is 14.9 Å². The van der Waals surface area contributed by atoms with Gasteiger partial charge in [0.15, 0.2) is 5.75 Å². The van der Waals surface area contributed by atoms with Gasteiger partial charge in [0.1, 0.15) is 5.54 Å². The van der Waals surface area contributed by atoms with Crippen LogP contribution in [0.1, 0.15) is 25.1 Å². The molecule has 0 radical (unpaired) electrons. The van der Waals surface area contributed by atoms with Crippen LogP contribution in [-0.2, 0) is 16.8 Å². The summed E-state index contributed by atoms with van der Waals surface area (Å²) in [6.45, 7) is 4.74. The van der Waals surface area contributed by atoms with E-state index in [0.717, 1.165) is 23.0 Å². The number of fused-ring (bicyclic) bond motifs is 5. The number of para-hydroxylation sites is 3. The number of nitro groups is 1. The smallest absolute Gasteiger partial charge is 0.310 e. The Bertz CT molecular complexity index is 1150. The zero-order chi connectivity index (χ0) is 20.3. The standard InChI is InChI=1S/C22H21N3O4/c1-13(2)22-19-15(14-7-3-4-8-16(14)23-19)11-12-24(22)21(26)20(22)29-18-10-6-5-9-17(18)25(27)28/h3-10,13,20,23H,11-12H2,1-2H3/t20-,22+/m1/s1. The number of hydrogen-bond acceptors (Lipinski definition) is 4. The number of aromatic nitrogens is 1. The summed E-state index contributed by atoms with van der Waals surface area (Å²) in [6.07, 6.45) is -0.0340. The zero-order valence-electron chi connectivity index (χ0n) is 16.2. The maximum Gasteiger partial charge on any atom is 0.310 e. The Labute approximate surface area is 167 Å². The van der Waals surface area contributed by atoms with Crippen molar-refractivity contribution in [3.05, 3.63) is 69.9 Å². The first-order valence-corrected chi connectivity index (χ1v) is 9.78. The first kappa shape index (κ1) is 17.7. The minimum Gasteiger partial charge on any atom is -0.470 e. The topological polar surface area (TPSA) is 88.5 Å². The Morgan fingerprint density at radius 1 is 1.21 bits per heavy atom. The second-order valence-electron chi connectivity index (χ2n) is 7.97. The van der Waals surface area contributed by atoms with Crippen LogP contribution in [0.5, 0.6) is 5.75 Å². The fourth-order valence-corrected chi connectivity index (χ4v) is 5.05. The molecule has 1 aromatic heterocycles. The van der Waals surface area contributed by atoms with Crippen molar-refractivity contribution in [3.8, 4) is 5.75 Å². The van der Waals surface area contributed by atoms with Crippen molar-refractivity contribution in [2.24, 2.45) is 5.92 Å². The van der Waals surface area contributed by atoms with Gasteiger partial charge in [0.05, 0.1) is 10.6 Å². The summed E-state index contributed by atoms with van der Waals surface area (Å²) in [5.74, 6) is 0.0556. The predicted octanol–water partition coefficient (Wildman–Crippen LogP) is 3.77. The summed E-state index contributed by atoms with van der Waals surface area (Å²) < 4.78 is 6.09. The number of nitrogens with one attached hydrogen (secondary N) is 1. The van der Waals surface area contributed by atoms with E-state index >= 15 is 0 Å². The van der Waals surface area contributed by atoms with E-state index in [1.54, 1.807) is 18.2 Å². The van der Waals surface area contributed by atoms with E-state index in [9.17, 15) is 14.9 Å². The number of β-lactam (4-membered cyclic amide) rings is 1. The molecule has 1 fully saturated rings. The Hall–Kier alpha value is -3.35. The van der Waals surface area contributed by atoms with E-state index in [-0.39, 0.29) is 23.3 Å². The molecule has 0 bridgehead atoms. The number of ether oxygens (including phenoxy) is 1. The maximum atomic E-state index is 13.0. The van der Waals surface area contributed by atoms with Crippen LogP contribution in [-0.4, -0.2) is 33.4 Å². The lowest BCUT2D eigenvalue weighted by molar-refractivity contribution is -0.386. The van der Waals surface area contributed by atoms with Crippen molar-refractivity contribution >= 4 is 22.5 Å².